The molecule has 23 heavy (non-hydrogen) atoms. The van der Waals surface area contributed by atoms with Gasteiger partial charge in [0.15, 0.2) is 0 Å². The number of non-ortho nitro benzene ring substituents is 1. The van der Waals surface area contributed by atoms with Crippen molar-refractivity contribution >= 4 is 23.2 Å². The Kier molecular flexibility index (Phi) is 5.64. The summed E-state index contributed by atoms with van der Waals surface area (Å²) in [5.74, 6) is -0.439. The third-order valence-electron chi connectivity index (χ3n) is 3.66. The van der Waals surface area contributed by atoms with Gasteiger partial charge in [-0.3, -0.25) is 25.0 Å². The van der Waals surface area contributed by atoms with Gasteiger partial charge in [-0.25, -0.2) is 0 Å². The molecule has 0 radical (unpaired) electrons. The number of nitro groups is 1. The van der Waals surface area contributed by atoms with Crippen molar-refractivity contribution in [1.29, 1.82) is 0 Å². The highest BCUT2D eigenvalue weighted by Crippen LogP contribution is 2.17. The van der Waals surface area contributed by atoms with Crippen LogP contribution in [0.1, 0.15) is 26.2 Å². The number of rotatable bonds is 6. The Labute approximate surface area is 134 Å². The second kappa shape index (κ2) is 7.68. The van der Waals surface area contributed by atoms with E-state index in [0.717, 1.165) is 12.8 Å². The van der Waals surface area contributed by atoms with Gasteiger partial charge in [-0.15, -0.1) is 0 Å². The van der Waals surface area contributed by atoms with Gasteiger partial charge in [0.25, 0.3) is 5.69 Å². The number of benzene rings is 1. The maximum atomic E-state index is 12.0. The molecule has 0 bridgehead atoms. The summed E-state index contributed by atoms with van der Waals surface area (Å²) in [6, 6.07) is 5.87. The van der Waals surface area contributed by atoms with Crippen molar-refractivity contribution in [1.82, 2.24) is 10.2 Å². The summed E-state index contributed by atoms with van der Waals surface area (Å²) >= 11 is 0. The number of nitro benzene ring substituents is 1. The standard InChI is InChI=1S/C15H20N4O4/c1-2-4-11-8-15(21)18(10-16-11)9-14(20)17-12-5-3-6-13(7-12)19(22)23/h3,5-7,11,16H,2,4,8-10H2,1H3,(H,17,20). The third kappa shape index (κ3) is 4.75. The highest BCUT2D eigenvalue weighted by molar-refractivity contribution is 5.94. The molecule has 1 atom stereocenters. The summed E-state index contributed by atoms with van der Waals surface area (Å²) in [5, 5.41) is 16.5. The topological polar surface area (TPSA) is 105 Å². The molecule has 1 fully saturated rings. The van der Waals surface area contributed by atoms with E-state index >= 15 is 0 Å². The fourth-order valence-electron chi connectivity index (χ4n) is 2.51. The van der Waals surface area contributed by atoms with E-state index in [2.05, 4.69) is 17.6 Å². The highest BCUT2D eigenvalue weighted by Gasteiger charge is 2.26. The molecule has 124 valence electrons. The second-order valence-corrected chi connectivity index (χ2v) is 5.50. The van der Waals surface area contributed by atoms with E-state index < -0.39 is 4.92 Å². The van der Waals surface area contributed by atoms with Crippen molar-refractivity contribution in [2.75, 3.05) is 18.5 Å². The Balaban J connectivity index is 1.89. The molecule has 1 aliphatic heterocycles. The predicted molar refractivity (Wildman–Crippen MR) is 84.8 cm³/mol. The lowest BCUT2D eigenvalue weighted by molar-refractivity contribution is -0.384. The van der Waals surface area contributed by atoms with Crippen molar-refractivity contribution in [3.8, 4) is 0 Å². The number of amides is 2. The molecule has 1 saturated heterocycles. The van der Waals surface area contributed by atoms with Crippen LogP contribution in [-0.2, 0) is 9.59 Å². The Hall–Kier alpha value is -2.48. The molecule has 1 unspecified atom stereocenters. The molecule has 0 spiro atoms. The molecule has 0 aliphatic carbocycles. The monoisotopic (exact) mass is 320 g/mol. The van der Waals surface area contributed by atoms with Crippen molar-refractivity contribution in [2.24, 2.45) is 0 Å². The summed E-state index contributed by atoms with van der Waals surface area (Å²) in [4.78, 5) is 35.7. The van der Waals surface area contributed by atoms with Crippen molar-refractivity contribution in [3.05, 3.63) is 34.4 Å². The lowest BCUT2D eigenvalue weighted by Crippen LogP contribution is -2.52. The summed E-state index contributed by atoms with van der Waals surface area (Å²) in [7, 11) is 0. The van der Waals surface area contributed by atoms with Crippen LogP contribution in [0.25, 0.3) is 0 Å². The first-order valence-corrected chi connectivity index (χ1v) is 7.55. The average molecular weight is 320 g/mol. The summed E-state index contributed by atoms with van der Waals surface area (Å²) < 4.78 is 0. The van der Waals surface area contributed by atoms with Gasteiger partial charge < -0.3 is 10.2 Å². The van der Waals surface area contributed by atoms with Crippen LogP contribution in [0.2, 0.25) is 0 Å². The van der Waals surface area contributed by atoms with Crippen molar-refractivity contribution in [3.63, 3.8) is 0 Å². The minimum Gasteiger partial charge on any atom is -0.324 e. The zero-order valence-corrected chi connectivity index (χ0v) is 12.9. The largest absolute Gasteiger partial charge is 0.324 e. The number of carbonyl (C=O) groups excluding carboxylic acids is 2. The first kappa shape index (κ1) is 16.9. The van der Waals surface area contributed by atoms with Gasteiger partial charge in [0.1, 0.15) is 6.54 Å². The zero-order chi connectivity index (χ0) is 16.8. The normalized spacial score (nSPS) is 17.9. The number of nitrogens with zero attached hydrogens (tertiary/aromatic N) is 2. The number of carbonyl (C=O) groups is 2. The molecule has 2 amide bonds. The van der Waals surface area contributed by atoms with Crippen LogP contribution in [0.5, 0.6) is 0 Å². The molecule has 1 aliphatic rings. The summed E-state index contributed by atoms with van der Waals surface area (Å²) in [5.41, 5.74) is 0.242. The van der Waals surface area contributed by atoms with E-state index in [1.54, 1.807) is 6.07 Å². The van der Waals surface area contributed by atoms with Gasteiger partial charge in [-0.1, -0.05) is 19.4 Å². The van der Waals surface area contributed by atoms with Gasteiger partial charge in [0.2, 0.25) is 11.8 Å². The van der Waals surface area contributed by atoms with E-state index in [9.17, 15) is 19.7 Å². The maximum absolute atomic E-state index is 12.0. The van der Waals surface area contributed by atoms with Crippen LogP contribution in [-0.4, -0.2) is 40.9 Å². The first-order valence-electron chi connectivity index (χ1n) is 7.55. The van der Waals surface area contributed by atoms with Crippen molar-refractivity contribution in [2.45, 2.75) is 32.2 Å². The van der Waals surface area contributed by atoms with Gasteiger partial charge in [0.05, 0.1) is 11.6 Å². The molecule has 0 saturated carbocycles. The second-order valence-electron chi connectivity index (χ2n) is 5.50. The number of nitrogens with one attached hydrogen (secondary N) is 2. The van der Waals surface area contributed by atoms with E-state index in [1.165, 1.54) is 23.1 Å². The van der Waals surface area contributed by atoms with Gasteiger partial charge >= 0.3 is 0 Å². The zero-order valence-electron chi connectivity index (χ0n) is 12.9. The molecular weight excluding hydrogens is 300 g/mol. The smallest absolute Gasteiger partial charge is 0.271 e. The molecule has 2 rings (SSSR count). The van der Waals surface area contributed by atoms with Crippen LogP contribution in [0.15, 0.2) is 24.3 Å². The Morgan fingerprint density at radius 1 is 1.52 bits per heavy atom. The number of hydrogen-bond donors (Lipinski definition) is 2. The number of anilines is 1. The first-order chi connectivity index (χ1) is 11.0. The van der Waals surface area contributed by atoms with E-state index in [-0.39, 0.29) is 30.1 Å². The van der Waals surface area contributed by atoms with Crippen LogP contribution in [0.3, 0.4) is 0 Å². The minimum absolute atomic E-state index is 0.0589. The summed E-state index contributed by atoms with van der Waals surface area (Å²) in [6.45, 7) is 2.32. The van der Waals surface area contributed by atoms with Gasteiger partial charge in [-0.05, 0) is 12.5 Å². The number of hydrogen-bond acceptors (Lipinski definition) is 5. The fraction of sp³-hybridized carbons (Fsp3) is 0.467. The molecule has 1 aromatic carbocycles. The van der Waals surface area contributed by atoms with Crippen LogP contribution in [0, 0.1) is 10.1 Å². The molecule has 1 aromatic rings. The average Bonchev–Trinajstić information content (AvgIpc) is 2.50. The molecule has 0 aromatic heterocycles. The van der Waals surface area contributed by atoms with E-state index in [4.69, 9.17) is 0 Å². The molecule has 2 N–H and O–H groups in total. The van der Waals surface area contributed by atoms with Crippen LogP contribution >= 0.6 is 0 Å². The maximum Gasteiger partial charge on any atom is 0.271 e. The SMILES string of the molecule is CCCC1CC(=O)N(CC(=O)Nc2cccc([N+](=O)[O-])c2)CN1. The predicted octanol–water partition coefficient (Wildman–Crippen LogP) is 1.48. The van der Waals surface area contributed by atoms with Crippen LogP contribution < -0.4 is 10.6 Å². The fourth-order valence-corrected chi connectivity index (χ4v) is 2.51. The minimum atomic E-state index is -0.526. The van der Waals surface area contributed by atoms with Gasteiger partial charge in [0, 0.05) is 30.3 Å². The third-order valence-corrected chi connectivity index (χ3v) is 3.66. The lowest BCUT2D eigenvalue weighted by atomic mass is 10.1. The Bertz CT molecular complexity index is 605. The summed E-state index contributed by atoms with van der Waals surface area (Å²) in [6.07, 6.45) is 2.32. The Morgan fingerprint density at radius 2 is 2.30 bits per heavy atom. The highest BCUT2D eigenvalue weighted by atomic mass is 16.6. The quantitative estimate of drug-likeness (QED) is 0.610. The van der Waals surface area contributed by atoms with Gasteiger partial charge in [-0.2, -0.15) is 0 Å². The van der Waals surface area contributed by atoms with E-state index in [0.29, 0.717) is 18.8 Å². The lowest BCUT2D eigenvalue weighted by Gasteiger charge is -2.32. The van der Waals surface area contributed by atoms with Crippen molar-refractivity contribution < 1.29 is 14.5 Å². The molecule has 1 heterocycles. The Morgan fingerprint density at radius 3 is 2.96 bits per heavy atom. The molecule has 8 heteroatoms. The molecule has 8 nitrogen and oxygen atoms in total. The molecular formula is C15H20N4O4. The van der Waals surface area contributed by atoms with E-state index in [1.807, 2.05) is 0 Å². The van der Waals surface area contributed by atoms with Crippen LogP contribution in [0.4, 0.5) is 11.4 Å².